The average Bonchev–Trinajstić information content (AvgIpc) is 2.82. The third-order valence-electron chi connectivity index (χ3n) is 4.07. The summed E-state index contributed by atoms with van der Waals surface area (Å²) >= 11 is 0. The lowest BCUT2D eigenvalue weighted by molar-refractivity contribution is -0.125. The van der Waals surface area contributed by atoms with Crippen LogP contribution < -0.4 is 16.0 Å². The summed E-state index contributed by atoms with van der Waals surface area (Å²) in [4.78, 5) is 23.7. The first-order chi connectivity index (χ1) is 12.3. The van der Waals surface area contributed by atoms with E-state index in [1.807, 2.05) is 32.9 Å². The van der Waals surface area contributed by atoms with E-state index < -0.39 is 30.4 Å². The predicted octanol–water partition coefficient (Wildman–Crippen LogP) is 0.520. The van der Waals surface area contributed by atoms with Crippen LogP contribution in [0.3, 0.4) is 0 Å². The van der Waals surface area contributed by atoms with Crippen LogP contribution in [0.5, 0.6) is 0 Å². The summed E-state index contributed by atoms with van der Waals surface area (Å²) in [5.74, 6) is -0.262. The minimum atomic E-state index is -1.18. The van der Waals surface area contributed by atoms with Crippen LogP contribution in [0.1, 0.15) is 25.8 Å². The Hall–Kier alpha value is -2.16. The Morgan fingerprint density at radius 1 is 1.12 bits per heavy atom. The maximum absolute atomic E-state index is 11.9. The molecule has 1 aliphatic heterocycles. The molecule has 2 rings (SSSR count). The van der Waals surface area contributed by atoms with Gasteiger partial charge in [0.25, 0.3) is 0 Å². The van der Waals surface area contributed by atoms with Gasteiger partial charge in [-0.05, 0) is 32.9 Å². The molecule has 4 atom stereocenters. The van der Waals surface area contributed by atoms with Gasteiger partial charge in [-0.15, -0.1) is 0 Å². The van der Waals surface area contributed by atoms with E-state index in [0.29, 0.717) is 5.69 Å². The molecule has 0 aliphatic carbocycles. The third-order valence-corrected chi connectivity index (χ3v) is 4.07. The van der Waals surface area contributed by atoms with Gasteiger partial charge in [0.1, 0.15) is 18.3 Å². The van der Waals surface area contributed by atoms with Crippen LogP contribution in [0.25, 0.3) is 0 Å². The standard InChI is InChI=1S/C18H27N3O5/c1-10(2)20-15(22)8-13-16(23)17(24)14(26-13)9-19-18(25)21-12-6-4-11(3)5-7-12/h4-7,10,13-14,16-17,23-24H,8-9H2,1-3H3,(H,20,22)(H2,19,21,25)/t13-,14-,16-,17+/m0/s1. The number of ether oxygens (including phenoxy) is 1. The third kappa shape index (κ3) is 5.69. The number of urea groups is 1. The summed E-state index contributed by atoms with van der Waals surface area (Å²) in [6.45, 7) is 5.63. The molecule has 1 aromatic carbocycles. The summed E-state index contributed by atoms with van der Waals surface area (Å²) in [5, 5.41) is 28.1. The van der Waals surface area contributed by atoms with Gasteiger partial charge in [-0.25, -0.2) is 4.79 Å². The lowest BCUT2D eigenvalue weighted by Crippen LogP contribution is -2.41. The van der Waals surface area contributed by atoms with Crippen LogP contribution in [0.4, 0.5) is 10.5 Å². The van der Waals surface area contributed by atoms with Crippen LogP contribution in [-0.2, 0) is 9.53 Å². The zero-order valence-corrected chi connectivity index (χ0v) is 15.2. The van der Waals surface area contributed by atoms with E-state index in [0.717, 1.165) is 5.56 Å². The summed E-state index contributed by atoms with van der Waals surface area (Å²) in [6, 6.07) is 6.85. The minimum Gasteiger partial charge on any atom is -0.388 e. The second-order valence-corrected chi connectivity index (χ2v) is 6.82. The van der Waals surface area contributed by atoms with Gasteiger partial charge in [0.2, 0.25) is 5.91 Å². The minimum absolute atomic E-state index is 0.0121. The molecule has 144 valence electrons. The number of nitrogens with one attached hydrogen (secondary N) is 3. The Kier molecular flexibility index (Phi) is 6.96. The Morgan fingerprint density at radius 2 is 1.73 bits per heavy atom. The molecule has 0 bridgehead atoms. The molecule has 0 radical (unpaired) electrons. The van der Waals surface area contributed by atoms with Gasteiger partial charge in [-0.1, -0.05) is 17.7 Å². The Balaban J connectivity index is 1.80. The number of aryl methyl sites for hydroxylation is 1. The first-order valence-electron chi connectivity index (χ1n) is 8.68. The van der Waals surface area contributed by atoms with E-state index in [2.05, 4.69) is 16.0 Å². The highest BCUT2D eigenvalue weighted by Gasteiger charge is 2.43. The summed E-state index contributed by atoms with van der Waals surface area (Å²) in [5.41, 5.74) is 1.73. The Bertz CT molecular complexity index is 620. The number of anilines is 1. The Labute approximate surface area is 152 Å². The molecule has 1 fully saturated rings. The van der Waals surface area contributed by atoms with Crippen molar-refractivity contribution in [1.29, 1.82) is 0 Å². The van der Waals surface area contributed by atoms with Gasteiger partial charge in [0.05, 0.1) is 12.5 Å². The number of aliphatic hydroxyl groups excluding tert-OH is 2. The van der Waals surface area contributed by atoms with Crippen molar-refractivity contribution in [2.75, 3.05) is 11.9 Å². The molecule has 1 heterocycles. The first kappa shape index (κ1) is 20.2. The van der Waals surface area contributed by atoms with Gasteiger partial charge >= 0.3 is 6.03 Å². The number of carbonyl (C=O) groups is 2. The molecule has 1 aromatic rings. The summed E-state index contributed by atoms with van der Waals surface area (Å²) in [7, 11) is 0. The normalized spacial score (nSPS) is 25.2. The van der Waals surface area contributed by atoms with Crippen LogP contribution in [-0.4, -0.2) is 59.2 Å². The summed E-state index contributed by atoms with van der Waals surface area (Å²) < 4.78 is 5.55. The highest BCUT2D eigenvalue weighted by molar-refractivity contribution is 5.89. The van der Waals surface area contributed by atoms with Gasteiger partial charge in [0.15, 0.2) is 0 Å². The highest BCUT2D eigenvalue weighted by Crippen LogP contribution is 2.23. The number of benzene rings is 1. The molecule has 0 aromatic heterocycles. The number of carbonyl (C=O) groups excluding carboxylic acids is 2. The zero-order chi connectivity index (χ0) is 19.3. The van der Waals surface area contributed by atoms with E-state index in [4.69, 9.17) is 4.74 Å². The van der Waals surface area contributed by atoms with E-state index in [1.54, 1.807) is 12.1 Å². The number of hydrogen-bond donors (Lipinski definition) is 5. The van der Waals surface area contributed by atoms with Crippen LogP contribution >= 0.6 is 0 Å². The van der Waals surface area contributed by atoms with E-state index >= 15 is 0 Å². The quantitative estimate of drug-likeness (QED) is 0.503. The molecule has 3 amide bonds. The first-order valence-corrected chi connectivity index (χ1v) is 8.68. The topological polar surface area (TPSA) is 120 Å². The lowest BCUT2D eigenvalue weighted by Gasteiger charge is -2.16. The van der Waals surface area contributed by atoms with Crippen molar-refractivity contribution in [2.45, 2.75) is 57.6 Å². The molecule has 0 spiro atoms. The van der Waals surface area contributed by atoms with Crippen molar-refractivity contribution in [2.24, 2.45) is 0 Å². The average molecular weight is 365 g/mol. The molecule has 26 heavy (non-hydrogen) atoms. The maximum Gasteiger partial charge on any atom is 0.319 e. The van der Waals surface area contributed by atoms with Crippen molar-refractivity contribution in [3.63, 3.8) is 0 Å². The maximum atomic E-state index is 11.9. The monoisotopic (exact) mass is 365 g/mol. The van der Waals surface area contributed by atoms with Crippen LogP contribution in [0, 0.1) is 6.92 Å². The van der Waals surface area contributed by atoms with Crippen molar-refractivity contribution in [3.8, 4) is 0 Å². The van der Waals surface area contributed by atoms with Crippen molar-refractivity contribution in [3.05, 3.63) is 29.8 Å². The SMILES string of the molecule is Cc1ccc(NC(=O)NC[C@@H]2O[C@@H](CC(=O)NC(C)C)[C@H](O)[C@@H]2O)cc1. The fraction of sp³-hybridized carbons (Fsp3) is 0.556. The van der Waals surface area contributed by atoms with Gasteiger partial charge in [0, 0.05) is 18.3 Å². The van der Waals surface area contributed by atoms with Crippen molar-refractivity contribution in [1.82, 2.24) is 10.6 Å². The second-order valence-electron chi connectivity index (χ2n) is 6.82. The van der Waals surface area contributed by atoms with Gasteiger partial charge in [-0.3, -0.25) is 4.79 Å². The van der Waals surface area contributed by atoms with Crippen LogP contribution in [0.2, 0.25) is 0 Å². The predicted molar refractivity (Wildman–Crippen MR) is 96.8 cm³/mol. The van der Waals surface area contributed by atoms with Crippen molar-refractivity contribution >= 4 is 17.6 Å². The molecule has 1 saturated heterocycles. The molecule has 0 saturated carbocycles. The molecular formula is C18H27N3O5. The largest absolute Gasteiger partial charge is 0.388 e. The fourth-order valence-corrected chi connectivity index (χ4v) is 2.73. The Morgan fingerprint density at radius 3 is 2.35 bits per heavy atom. The smallest absolute Gasteiger partial charge is 0.319 e. The number of aliphatic hydroxyl groups is 2. The number of rotatable bonds is 6. The summed E-state index contributed by atoms with van der Waals surface area (Å²) in [6.07, 6.45) is -4.00. The van der Waals surface area contributed by atoms with Crippen LogP contribution in [0.15, 0.2) is 24.3 Å². The molecule has 8 heteroatoms. The van der Waals surface area contributed by atoms with Crippen molar-refractivity contribution < 1.29 is 24.5 Å². The lowest BCUT2D eigenvalue weighted by atomic mass is 10.1. The van der Waals surface area contributed by atoms with Gasteiger partial charge in [-0.2, -0.15) is 0 Å². The van der Waals surface area contributed by atoms with Gasteiger partial charge < -0.3 is 30.9 Å². The van der Waals surface area contributed by atoms with E-state index in [1.165, 1.54) is 0 Å². The number of amides is 3. The van der Waals surface area contributed by atoms with E-state index in [9.17, 15) is 19.8 Å². The molecule has 1 aliphatic rings. The zero-order valence-electron chi connectivity index (χ0n) is 15.2. The molecule has 0 unspecified atom stereocenters. The van der Waals surface area contributed by atoms with E-state index in [-0.39, 0.29) is 24.9 Å². The fourth-order valence-electron chi connectivity index (χ4n) is 2.73. The second kappa shape index (κ2) is 8.98. The molecule has 5 N–H and O–H groups in total. The molecule has 8 nitrogen and oxygen atoms in total. The highest BCUT2D eigenvalue weighted by atomic mass is 16.5. The molecular weight excluding hydrogens is 338 g/mol. The number of hydrogen-bond acceptors (Lipinski definition) is 5.